The van der Waals surface area contributed by atoms with Crippen molar-refractivity contribution in [3.8, 4) is 5.75 Å². The normalized spacial score (nSPS) is 18.6. The van der Waals surface area contributed by atoms with Gasteiger partial charge in [-0.25, -0.2) is 8.42 Å². The molecule has 0 unspecified atom stereocenters. The lowest BCUT2D eigenvalue weighted by atomic mass is 10.3. The Labute approximate surface area is 153 Å². The lowest BCUT2D eigenvalue weighted by Crippen LogP contribution is -2.40. The zero-order valence-electron chi connectivity index (χ0n) is 14.2. The second kappa shape index (κ2) is 7.86. The van der Waals surface area contributed by atoms with Crippen molar-refractivity contribution < 1.29 is 17.9 Å². The minimum Gasteiger partial charge on any atom is -0.492 e. The minimum atomic E-state index is -3.57. The van der Waals surface area contributed by atoms with Gasteiger partial charge < -0.3 is 20.1 Å². The van der Waals surface area contributed by atoms with Crippen molar-refractivity contribution in [3.63, 3.8) is 0 Å². The van der Waals surface area contributed by atoms with E-state index < -0.39 is 10.0 Å². The third-order valence-corrected chi connectivity index (χ3v) is 6.13. The van der Waals surface area contributed by atoms with E-state index in [-0.39, 0.29) is 4.90 Å². The summed E-state index contributed by atoms with van der Waals surface area (Å²) in [5.74, 6) is 0.573. The van der Waals surface area contributed by atoms with Gasteiger partial charge in [-0.3, -0.25) is 0 Å². The SMILES string of the molecule is CCOc1ccc(S(=O)(=O)N2CCOCC2)cc1NC(=S)NC1CC1. The van der Waals surface area contributed by atoms with E-state index in [1.807, 2.05) is 6.92 Å². The third kappa shape index (κ3) is 4.60. The van der Waals surface area contributed by atoms with Gasteiger partial charge in [0.15, 0.2) is 5.11 Å². The predicted molar refractivity (Wildman–Crippen MR) is 99.6 cm³/mol. The van der Waals surface area contributed by atoms with Crippen LogP contribution in [-0.4, -0.2) is 56.8 Å². The monoisotopic (exact) mass is 385 g/mol. The zero-order valence-corrected chi connectivity index (χ0v) is 15.8. The molecule has 1 aliphatic carbocycles. The van der Waals surface area contributed by atoms with Crippen LogP contribution in [0.2, 0.25) is 0 Å². The summed E-state index contributed by atoms with van der Waals surface area (Å²) < 4.78 is 37.9. The Kier molecular flexibility index (Phi) is 5.78. The van der Waals surface area contributed by atoms with Crippen LogP contribution >= 0.6 is 12.2 Å². The van der Waals surface area contributed by atoms with Crippen molar-refractivity contribution >= 4 is 33.0 Å². The van der Waals surface area contributed by atoms with Crippen LogP contribution in [0.3, 0.4) is 0 Å². The molecule has 0 atom stereocenters. The first-order valence-electron chi connectivity index (χ1n) is 8.43. The molecule has 1 saturated carbocycles. The first kappa shape index (κ1) is 18.4. The van der Waals surface area contributed by atoms with Crippen molar-refractivity contribution in [3.05, 3.63) is 18.2 Å². The van der Waals surface area contributed by atoms with Crippen molar-refractivity contribution in [1.82, 2.24) is 9.62 Å². The molecule has 138 valence electrons. The van der Waals surface area contributed by atoms with E-state index in [9.17, 15) is 8.42 Å². The predicted octanol–water partition coefficient (Wildman–Crippen LogP) is 1.55. The van der Waals surface area contributed by atoms with Gasteiger partial charge in [0.2, 0.25) is 10.0 Å². The molecule has 1 aromatic carbocycles. The number of thiocarbonyl (C=S) groups is 1. The summed E-state index contributed by atoms with van der Waals surface area (Å²) in [4.78, 5) is 0.217. The summed E-state index contributed by atoms with van der Waals surface area (Å²) >= 11 is 5.30. The quantitative estimate of drug-likeness (QED) is 0.719. The van der Waals surface area contributed by atoms with Gasteiger partial charge in [-0.1, -0.05) is 0 Å². The number of nitrogens with one attached hydrogen (secondary N) is 2. The summed E-state index contributed by atoms with van der Waals surface area (Å²) in [5, 5.41) is 6.73. The molecular weight excluding hydrogens is 362 g/mol. The number of hydrogen-bond acceptors (Lipinski definition) is 5. The Morgan fingerprint density at radius 3 is 2.72 bits per heavy atom. The standard InChI is InChI=1S/C16H23N3O4S2/c1-2-23-15-6-5-13(25(20,21)19-7-9-22-10-8-19)11-14(15)18-16(24)17-12-3-4-12/h5-6,11-12H,2-4,7-10H2,1H3,(H2,17,18,24). The molecule has 0 aromatic heterocycles. The van der Waals surface area contributed by atoms with Crippen LogP contribution < -0.4 is 15.4 Å². The van der Waals surface area contributed by atoms with Gasteiger partial charge in [-0.05, 0) is 50.2 Å². The largest absolute Gasteiger partial charge is 0.492 e. The van der Waals surface area contributed by atoms with Crippen LogP contribution in [0.15, 0.2) is 23.1 Å². The summed E-state index contributed by atoms with van der Waals surface area (Å²) in [6.45, 7) is 3.91. The average Bonchev–Trinajstić information content (AvgIpc) is 3.41. The molecule has 2 aliphatic rings. The molecule has 25 heavy (non-hydrogen) atoms. The maximum absolute atomic E-state index is 12.8. The highest BCUT2D eigenvalue weighted by Gasteiger charge is 2.27. The Hall–Kier alpha value is -1.42. The van der Waals surface area contributed by atoms with Crippen LogP contribution in [0.4, 0.5) is 5.69 Å². The minimum absolute atomic E-state index is 0.217. The topological polar surface area (TPSA) is 79.9 Å². The molecule has 0 spiro atoms. The lowest BCUT2D eigenvalue weighted by Gasteiger charge is -2.26. The number of rotatable bonds is 6. The second-order valence-corrected chi connectivity index (χ2v) is 8.33. The molecule has 9 heteroatoms. The van der Waals surface area contributed by atoms with Crippen LogP contribution in [0.25, 0.3) is 0 Å². The molecule has 1 aliphatic heterocycles. The Bertz CT molecular complexity index is 729. The Balaban J connectivity index is 1.84. The summed E-state index contributed by atoms with van der Waals surface area (Å²) in [7, 11) is -3.57. The van der Waals surface area contributed by atoms with Gasteiger partial charge >= 0.3 is 0 Å². The smallest absolute Gasteiger partial charge is 0.243 e. The van der Waals surface area contributed by atoms with Crippen molar-refractivity contribution in [2.75, 3.05) is 38.2 Å². The molecule has 2 fully saturated rings. The Morgan fingerprint density at radius 2 is 2.08 bits per heavy atom. The van der Waals surface area contributed by atoms with Crippen LogP contribution in [-0.2, 0) is 14.8 Å². The number of morpholine rings is 1. The van der Waals surface area contributed by atoms with Gasteiger partial charge in [-0.2, -0.15) is 4.31 Å². The molecule has 1 heterocycles. The molecule has 0 radical (unpaired) electrons. The van der Waals surface area contributed by atoms with E-state index >= 15 is 0 Å². The highest BCUT2D eigenvalue weighted by molar-refractivity contribution is 7.89. The van der Waals surface area contributed by atoms with Gasteiger partial charge in [0.25, 0.3) is 0 Å². The number of benzene rings is 1. The highest BCUT2D eigenvalue weighted by atomic mass is 32.2. The molecule has 7 nitrogen and oxygen atoms in total. The summed E-state index contributed by atoms with van der Waals surface area (Å²) in [6.07, 6.45) is 2.21. The molecule has 3 rings (SSSR count). The Morgan fingerprint density at radius 1 is 1.36 bits per heavy atom. The second-order valence-electron chi connectivity index (χ2n) is 5.98. The first-order valence-corrected chi connectivity index (χ1v) is 10.3. The third-order valence-electron chi connectivity index (χ3n) is 4.02. The van der Waals surface area contributed by atoms with E-state index in [0.717, 1.165) is 12.8 Å². The van der Waals surface area contributed by atoms with Crippen molar-refractivity contribution in [1.29, 1.82) is 0 Å². The van der Waals surface area contributed by atoms with Crippen molar-refractivity contribution in [2.45, 2.75) is 30.7 Å². The fourth-order valence-corrected chi connectivity index (χ4v) is 4.27. The van der Waals surface area contributed by atoms with Crippen LogP contribution in [0.1, 0.15) is 19.8 Å². The van der Waals surface area contributed by atoms with Gasteiger partial charge in [0.1, 0.15) is 5.75 Å². The highest BCUT2D eigenvalue weighted by Crippen LogP contribution is 2.30. The fraction of sp³-hybridized carbons (Fsp3) is 0.562. The molecule has 1 saturated heterocycles. The summed E-state index contributed by atoms with van der Waals surface area (Å²) in [5.41, 5.74) is 0.550. The number of sulfonamides is 1. The van der Waals surface area contributed by atoms with E-state index in [2.05, 4.69) is 10.6 Å². The van der Waals surface area contributed by atoms with Crippen molar-refractivity contribution in [2.24, 2.45) is 0 Å². The molecular formula is C16H23N3O4S2. The lowest BCUT2D eigenvalue weighted by molar-refractivity contribution is 0.0730. The van der Waals surface area contributed by atoms with E-state index in [4.69, 9.17) is 21.7 Å². The number of nitrogens with zero attached hydrogens (tertiary/aromatic N) is 1. The number of hydrogen-bond donors (Lipinski definition) is 2. The van der Waals surface area contributed by atoms with Crippen LogP contribution in [0.5, 0.6) is 5.75 Å². The molecule has 2 N–H and O–H groups in total. The summed E-state index contributed by atoms with van der Waals surface area (Å²) in [6, 6.07) is 5.23. The molecule has 1 aromatic rings. The van der Waals surface area contributed by atoms with E-state index in [1.165, 1.54) is 4.31 Å². The molecule has 0 amide bonds. The maximum atomic E-state index is 12.8. The maximum Gasteiger partial charge on any atom is 0.243 e. The number of anilines is 1. The van der Waals surface area contributed by atoms with Gasteiger partial charge in [0.05, 0.1) is 30.4 Å². The molecule has 0 bridgehead atoms. The number of ether oxygens (including phenoxy) is 2. The zero-order chi connectivity index (χ0) is 17.9. The first-order chi connectivity index (χ1) is 12.0. The fourth-order valence-electron chi connectivity index (χ4n) is 2.56. The average molecular weight is 386 g/mol. The van der Waals surface area contributed by atoms with Gasteiger partial charge in [-0.15, -0.1) is 0 Å². The van der Waals surface area contributed by atoms with E-state index in [1.54, 1.807) is 18.2 Å². The van der Waals surface area contributed by atoms with Gasteiger partial charge in [0, 0.05) is 19.1 Å². The van der Waals surface area contributed by atoms with Crippen LogP contribution in [0, 0.1) is 0 Å². The van der Waals surface area contributed by atoms with E-state index in [0.29, 0.717) is 55.5 Å².